The van der Waals surface area contributed by atoms with Crippen LogP contribution in [0.3, 0.4) is 0 Å². The molecule has 0 saturated heterocycles. The molecule has 0 aliphatic heterocycles. The number of rotatable bonds is 5. The number of H-pyrrole nitrogens is 1. The van der Waals surface area contributed by atoms with Gasteiger partial charge in [-0.1, -0.05) is 29.8 Å². The van der Waals surface area contributed by atoms with Crippen LogP contribution in [0.2, 0.25) is 5.02 Å². The molecule has 3 aromatic rings. The van der Waals surface area contributed by atoms with E-state index in [1.54, 1.807) is 36.4 Å². The van der Waals surface area contributed by atoms with Gasteiger partial charge in [0.05, 0.1) is 0 Å². The summed E-state index contributed by atoms with van der Waals surface area (Å²) in [5.74, 6) is -1.71. The number of carboxylic acids is 1. The second-order valence-corrected chi connectivity index (χ2v) is 6.22. The van der Waals surface area contributed by atoms with Gasteiger partial charge in [-0.25, -0.2) is 4.79 Å². The second kappa shape index (κ2) is 9.63. The maximum Gasteiger partial charge on any atom is 1.00 e. The average molecular weight is 411 g/mol. The van der Waals surface area contributed by atoms with Crippen LogP contribution in [0.15, 0.2) is 59.4 Å². The molecule has 0 aliphatic rings. The monoisotopic (exact) mass is 410 g/mol. The number of carbonyl (C=O) groups excluding carboxylic acids is 1. The minimum atomic E-state index is -1.18. The van der Waals surface area contributed by atoms with Gasteiger partial charge in [0.2, 0.25) is 5.56 Å². The summed E-state index contributed by atoms with van der Waals surface area (Å²) in [6, 6.07) is 13.4. The van der Waals surface area contributed by atoms with Crippen LogP contribution >= 0.6 is 11.6 Å². The standard InChI is InChI=1S/C19H15ClN2O4.K.H/c20-13-7-5-11(6-8-13)18(24)22-16(19(25)26)9-12-10-17(23)21-15-4-2-1-3-14(12)15;;/h1-8,10,16H,9H2,(H,21,23)(H,22,24)(H,25,26);;/q;+1;-1. The SMILES string of the molecule is O=C(NC(Cc1cc(=O)[nH]c2ccccc12)C(=O)O)c1ccc(Cl)cc1.[H-].[K+]. The number of hydrogen-bond acceptors (Lipinski definition) is 3. The van der Waals surface area contributed by atoms with E-state index in [0.717, 1.165) is 5.39 Å². The van der Waals surface area contributed by atoms with Crippen molar-refractivity contribution in [2.45, 2.75) is 12.5 Å². The van der Waals surface area contributed by atoms with Gasteiger partial charge in [-0.15, -0.1) is 0 Å². The minimum Gasteiger partial charge on any atom is -1.00 e. The number of hydrogen-bond donors (Lipinski definition) is 3. The molecule has 1 atom stereocenters. The van der Waals surface area contributed by atoms with Crippen molar-refractivity contribution >= 4 is 34.4 Å². The molecular weight excluding hydrogens is 395 g/mol. The Morgan fingerprint density at radius 3 is 2.48 bits per heavy atom. The molecule has 6 nitrogen and oxygen atoms in total. The Kier molecular flexibility index (Phi) is 7.78. The zero-order chi connectivity index (χ0) is 18.7. The summed E-state index contributed by atoms with van der Waals surface area (Å²) in [4.78, 5) is 38.5. The number of amides is 1. The predicted octanol–water partition coefficient (Wildman–Crippen LogP) is -0.276. The van der Waals surface area contributed by atoms with Crippen LogP contribution in [0.5, 0.6) is 0 Å². The molecule has 2 aromatic carbocycles. The zero-order valence-electron chi connectivity index (χ0n) is 15.5. The molecule has 1 amide bonds. The summed E-state index contributed by atoms with van der Waals surface area (Å²) in [7, 11) is 0. The first-order valence-electron chi connectivity index (χ1n) is 7.84. The summed E-state index contributed by atoms with van der Waals surface area (Å²) < 4.78 is 0. The molecule has 0 bridgehead atoms. The number of aromatic nitrogens is 1. The van der Waals surface area contributed by atoms with E-state index < -0.39 is 17.9 Å². The molecule has 3 N–H and O–H groups in total. The Labute approximate surface area is 203 Å². The van der Waals surface area contributed by atoms with E-state index in [2.05, 4.69) is 10.3 Å². The van der Waals surface area contributed by atoms with Gasteiger partial charge in [0.15, 0.2) is 0 Å². The van der Waals surface area contributed by atoms with Crippen molar-refractivity contribution < 1.29 is 67.5 Å². The van der Waals surface area contributed by atoms with Crippen LogP contribution in [0.4, 0.5) is 0 Å². The van der Waals surface area contributed by atoms with Crippen LogP contribution in [0.1, 0.15) is 17.3 Å². The molecule has 0 fully saturated rings. The van der Waals surface area contributed by atoms with Crippen molar-refractivity contribution in [3.63, 3.8) is 0 Å². The van der Waals surface area contributed by atoms with Crippen LogP contribution in [0, 0.1) is 0 Å². The average Bonchev–Trinajstić information content (AvgIpc) is 2.61. The van der Waals surface area contributed by atoms with Crippen molar-refractivity contribution in [3.8, 4) is 0 Å². The number of nitrogens with one attached hydrogen (secondary N) is 2. The molecular formula is C19H16ClKN2O4. The largest absolute Gasteiger partial charge is 1.00 e. The van der Waals surface area contributed by atoms with Gasteiger partial charge >= 0.3 is 57.4 Å². The Morgan fingerprint density at radius 2 is 1.81 bits per heavy atom. The van der Waals surface area contributed by atoms with E-state index in [0.29, 0.717) is 21.7 Å². The van der Waals surface area contributed by atoms with Gasteiger partial charge in [0, 0.05) is 34.0 Å². The molecule has 1 heterocycles. The Bertz CT molecular complexity index is 1040. The number of aromatic amines is 1. The predicted molar refractivity (Wildman–Crippen MR) is 99.7 cm³/mol. The summed E-state index contributed by atoms with van der Waals surface area (Å²) in [5, 5.41) is 13.2. The molecule has 0 spiro atoms. The van der Waals surface area contributed by atoms with Crippen molar-refractivity contribution in [1.29, 1.82) is 0 Å². The molecule has 134 valence electrons. The topological polar surface area (TPSA) is 99.3 Å². The normalized spacial score (nSPS) is 11.4. The summed E-state index contributed by atoms with van der Waals surface area (Å²) in [5.41, 5.74) is 1.14. The first kappa shape index (κ1) is 21.8. The van der Waals surface area contributed by atoms with Crippen molar-refractivity contribution in [1.82, 2.24) is 10.3 Å². The third kappa shape index (κ3) is 5.51. The molecule has 1 unspecified atom stereocenters. The number of aliphatic carboxylic acids is 1. The smallest absolute Gasteiger partial charge is 1.00 e. The molecule has 27 heavy (non-hydrogen) atoms. The van der Waals surface area contributed by atoms with E-state index in [9.17, 15) is 19.5 Å². The van der Waals surface area contributed by atoms with Crippen LogP contribution in [0.25, 0.3) is 10.9 Å². The van der Waals surface area contributed by atoms with Crippen molar-refractivity contribution in [2.24, 2.45) is 0 Å². The fourth-order valence-corrected chi connectivity index (χ4v) is 2.83. The minimum absolute atomic E-state index is 0. The maximum absolute atomic E-state index is 12.3. The number of carboxylic acid groups (broad SMARTS) is 1. The van der Waals surface area contributed by atoms with E-state index >= 15 is 0 Å². The van der Waals surface area contributed by atoms with E-state index in [-0.39, 0.29) is 64.8 Å². The zero-order valence-corrected chi connectivity index (χ0v) is 18.4. The number of benzene rings is 2. The Morgan fingerprint density at radius 1 is 1.15 bits per heavy atom. The number of para-hydroxylation sites is 1. The molecule has 0 radical (unpaired) electrons. The number of carbonyl (C=O) groups is 2. The first-order chi connectivity index (χ1) is 12.4. The molecule has 8 heteroatoms. The van der Waals surface area contributed by atoms with Crippen LogP contribution in [-0.4, -0.2) is 28.0 Å². The molecule has 0 saturated carbocycles. The second-order valence-electron chi connectivity index (χ2n) is 5.78. The van der Waals surface area contributed by atoms with Gasteiger partial charge in [0.1, 0.15) is 6.04 Å². The van der Waals surface area contributed by atoms with E-state index in [1.807, 2.05) is 0 Å². The van der Waals surface area contributed by atoms with Crippen molar-refractivity contribution in [3.05, 3.63) is 81.1 Å². The molecule has 0 aliphatic carbocycles. The fourth-order valence-electron chi connectivity index (χ4n) is 2.71. The van der Waals surface area contributed by atoms with Gasteiger partial charge < -0.3 is 16.8 Å². The molecule has 3 rings (SSSR count). The summed E-state index contributed by atoms with van der Waals surface area (Å²) in [6.07, 6.45) is -0.0148. The number of halogens is 1. The third-order valence-electron chi connectivity index (χ3n) is 3.97. The van der Waals surface area contributed by atoms with Crippen molar-refractivity contribution in [2.75, 3.05) is 0 Å². The Balaban J connectivity index is 0.00000196. The van der Waals surface area contributed by atoms with Crippen LogP contribution < -0.4 is 62.3 Å². The Hall–Kier alpha value is -1.48. The fraction of sp³-hybridized carbons (Fsp3) is 0.105. The van der Waals surface area contributed by atoms with Gasteiger partial charge in [-0.05, 0) is 35.9 Å². The van der Waals surface area contributed by atoms with Gasteiger partial charge in [-0.2, -0.15) is 0 Å². The molecule has 1 aromatic heterocycles. The number of pyridine rings is 1. The van der Waals surface area contributed by atoms with E-state index in [4.69, 9.17) is 11.6 Å². The van der Waals surface area contributed by atoms with Crippen LogP contribution in [-0.2, 0) is 11.2 Å². The summed E-state index contributed by atoms with van der Waals surface area (Å²) >= 11 is 5.79. The van der Waals surface area contributed by atoms with Gasteiger partial charge in [0.25, 0.3) is 5.91 Å². The number of fused-ring (bicyclic) bond motifs is 1. The maximum atomic E-state index is 12.3. The van der Waals surface area contributed by atoms with Gasteiger partial charge in [-0.3, -0.25) is 9.59 Å². The first-order valence-corrected chi connectivity index (χ1v) is 8.22. The summed E-state index contributed by atoms with van der Waals surface area (Å²) in [6.45, 7) is 0. The van der Waals surface area contributed by atoms with E-state index in [1.165, 1.54) is 18.2 Å². The quantitative estimate of drug-likeness (QED) is 0.504. The third-order valence-corrected chi connectivity index (χ3v) is 4.22.